The fourth-order valence-corrected chi connectivity index (χ4v) is 0.611. The number of nitrogens with one attached hydrogen (secondary N) is 1. The van der Waals surface area contributed by atoms with Crippen molar-refractivity contribution in [2.75, 3.05) is 13.2 Å². The largest absolute Gasteiger partial charge is 0.502 e. The van der Waals surface area contributed by atoms with Crippen LogP contribution in [0.15, 0.2) is 12.8 Å². The molecule has 0 radical (unpaired) electrons. The summed E-state index contributed by atoms with van der Waals surface area (Å²) in [5.74, 6) is -0.131. The van der Waals surface area contributed by atoms with Gasteiger partial charge in [-0.05, 0) is 13.3 Å². The van der Waals surface area contributed by atoms with Crippen LogP contribution in [0.4, 0.5) is 0 Å². The first-order valence-electron chi connectivity index (χ1n) is 3.94. The minimum atomic E-state index is -0.440. The van der Waals surface area contributed by atoms with Gasteiger partial charge in [-0.1, -0.05) is 6.58 Å². The minimum Gasteiger partial charge on any atom is -0.502 e. The third kappa shape index (κ3) is 5.73. The second-order valence-electron chi connectivity index (χ2n) is 2.47. The third-order valence-electron chi connectivity index (χ3n) is 1.27. The molecule has 0 unspecified atom stereocenters. The van der Waals surface area contributed by atoms with Gasteiger partial charge in [0.25, 0.3) is 0 Å². The van der Waals surface area contributed by atoms with Crippen molar-refractivity contribution in [2.45, 2.75) is 19.4 Å². The summed E-state index contributed by atoms with van der Waals surface area (Å²) >= 11 is 0. The van der Waals surface area contributed by atoms with Crippen molar-refractivity contribution in [3.63, 3.8) is 0 Å². The van der Waals surface area contributed by atoms with Crippen molar-refractivity contribution in [3.05, 3.63) is 12.8 Å². The van der Waals surface area contributed by atoms with Crippen molar-refractivity contribution in [1.82, 2.24) is 5.32 Å². The van der Waals surface area contributed by atoms with Crippen molar-refractivity contribution >= 4 is 5.91 Å². The SMILES string of the molecule is C=COCCCNC(=O)[C@H](C)N. The molecule has 70 valence electrons. The Hall–Kier alpha value is -1.03. The Morgan fingerprint density at radius 3 is 3.00 bits per heavy atom. The van der Waals surface area contributed by atoms with E-state index < -0.39 is 6.04 Å². The summed E-state index contributed by atoms with van der Waals surface area (Å²) < 4.78 is 4.86. The zero-order valence-corrected chi connectivity index (χ0v) is 7.38. The first-order chi connectivity index (χ1) is 5.68. The van der Waals surface area contributed by atoms with E-state index in [0.717, 1.165) is 6.42 Å². The van der Waals surface area contributed by atoms with Crippen LogP contribution >= 0.6 is 0 Å². The number of rotatable bonds is 6. The minimum absolute atomic E-state index is 0.131. The van der Waals surface area contributed by atoms with Crippen LogP contribution in [0.5, 0.6) is 0 Å². The topological polar surface area (TPSA) is 64.3 Å². The van der Waals surface area contributed by atoms with Crippen LogP contribution in [0.1, 0.15) is 13.3 Å². The second kappa shape index (κ2) is 6.67. The van der Waals surface area contributed by atoms with Gasteiger partial charge < -0.3 is 15.8 Å². The zero-order valence-electron chi connectivity index (χ0n) is 7.38. The monoisotopic (exact) mass is 172 g/mol. The Morgan fingerprint density at radius 2 is 2.50 bits per heavy atom. The molecule has 0 saturated heterocycles. The summed E-state index contributed by atoms with van der Waals surface area (Å²) in [6, 6.07) is -0.440. The van der Waals surface area contributed by atoms with Gasteiger partial charge in [0, 0.05) is 6.54 Å². The first kappa shape index (κ1) is 11.0. The molecule has 0 bridgehead atoms. The van der Waals surface area contributed by atoms with Gasteiger partial charge in [-0.3, -0.25) is 4.79 Å². The lowest BCUT2D eigenvalue weighted by Crippen LogP contribution is -2.38. The van der Waals surface area contributed by atoms with E-state index in [1.807, 2.05) is 0 Å². The molecule has 0 aromatic carbocycles. The van der Waals surface area contributed by atoms with Crippen LogP contribution in [-0.2, 0) is 9.53 Å². The predicted molar refractivity (Wildman–Crippen MR) is 47.4 cm³/mol. The molecule has 0 aromatic rings. The maximum atomic E-state index is 10.9. The molecule has 1 atom stereocenters. The molecule has 4 heteroatoms. The molecule has 4 nitrogen and oxygen atoms in total. The van der Waals surface area contributed by atoms with Crippen LogP contribution in [0.3, 0.4) is 0 Å². The van der Waals surface area contributed by atoms with Crippen molar-refractivity contribution < 1.29 is 9.53 Å². The van der Waals surface area contributed by atoms with Crippen molar-refractivity contribution in [3.8, 4) is 0 Å². The number of hydrogen-bond acceptors (Lipinski definition) is 3. The normalized spacial score (nSPS) is 11.8. The molecule has 0 aliphatic carbocycles. The highest BCUT2D eigenvalue weighted by molar-refractivity contribution is 5.80. The van der Waals surface area contributed by atoms with Crippen LogP contribution in [0, 0.1) is 0 Å². The average molecular weight is 172 g/mol. The number of amides is 1. The highest BCUT2D eigenvalue weighted by Gasteiger charge is 2.04. The highest BCUT2D eigenvalue weighted by Crippen LogP contribution is 1.81. The smallest absolute Gasteiger partial charge is 0.236 e. The van der Waals surface area contributed by atoms with Gasteiger partial charge in [-0.25, -0.2) is 0 Å². The van der Waals surface area contributed by atoms with Gasteiger partial charge in [0.1, 0.15) is 0 Å². The van der Waals surface area contributed by atoms with Crippen molar-refractivity contribution in [1.29, 1.82) is 0 Å². The number of ether oxygens (including phenoxy) is 1. The number of nitrogens with two attached hydrogens (primary N) is 1. The summed E-state index contributed by atoms with van der Waals surface area (Å²) in [4.78, 5) is 10.9. The predicted octanol–water partition coefficient (Wildman–Crippen LogP) is 0.000000000000000111. The lowest BCUT2D eigenvalue weighted by atomic mass is 10.3. The molecule has 0 saturated carbocycles. The quantitative estimate of drug-likeness (QED) is 0.438. The van der Waals surface area contributed by atoms with E-state index in [2.05, 4.69) is 11.9 Å². The lowest BCUT2D eigenvalue weighted by Gasteiger charge is -2.06. The first-order valence-corrected chi connectivity index (χ1v) is 3.94. The standard InChI is InChI=1S/C8H16N2O2/c1-3-12-6-4-5-10-8(11)7(2)9/h3,7H,1,4-6,9H2,2H3,(H,10,11)/t7-/m0/s1. The molecule has 1 amide bonds. The number of carbonyl (C=O) groups excluding carboxylic acids is 1. The molecule has 0 aliphatic rings. The van der Waals surface area contributed by atoms with E-state index in [0.29, 0.717) is 13.2 Å². The van der Waals surface area contributed by atoms with Gasteiger partial charge >= 0.3 is 0 Å². The van der Waals surface area contributed by atoms with Gasteiger partial charge in [0.15, 0.2) is 0 Å². The molecule has 0 aromatic heterocycles. The Kier molecular flexibility index (Phi) is 6.09. The Morgan fingerprint density at radius 1 is 1.83 bits per heavy atom. The lowest BCUT2D eigenvalue weighted by molar-refractivity contribution is -0.121. The van der Waals surface area contributed by atoms with Gasteiger partial charge in [-0.15, -0.1) is 0 Å². The van der Waals surface area contributed by atoms with E-state index >= 15 is 0 Å². The Bertz CT molecular complexity index is 146. The zero-order chi connectivity index (χ0) is 9.40. The molecular weight excluding hydrogens is 156 g/mol. The Labute approximate surface area is 72.8 Å². The highest BCUT2D eigenvalue weighted by atomic mass is 16.5. The van der Waals surface area contributed by atoms with E-state index in [1.165, 1.54) is 6.26 Å². The van der Waals surface area contributed by atoms with Gasteiger partial charge in [0.2, 0.25) is 5.91 Å². The molecule has 3 N–H and O–H groups in total. The van der Waals surface area contributed by atoms with Crippen LogP contribution in [0.25, 0.3) is 0 Å². The molecule has 0 heterocycles. The number of carbonyl (C=O) groups is 1. The summed E-state index contributed by atoms with van der Waals surface area (Å²) in [7, 11) is 0. The van der Waals surface area contributed by atoms with E-state index in [4.69, 9.17) is 10.5 Å². The van der Waals surface area contributed by atoms with Gasteiger partial charge in [0.05, 0.1) is 18.9 Å². The second-order valence-corrected chi connectivity index (χ2v) is 2.47. The summed E-state index contributed by atoms with van der Waals surface area (Å²) in [5.41, 5.74) is 5.32. The average Bonchev–Trinajstić information content (AvgIpc) is 2.03. The molecule has 0 spiro atoms. The summed E-state index contributed by atoms with van der Waals surface area (Å²) in [6.45, 7) is 6.20. The molecular formula is C8H16N2O2. The Balaban J connectivity index is 3.19. The fourth-order valence-electron chi connectivity index (χ4n) is 0.611. The van der Waals surface area contributed by atoms with Crippen LogP contribution < -0.4 is 11.1 Å². The van der Waals surface area contributed by atoms with Gasteiger partial charge in [-0.2, -0.15) is 0 Å². The maximum Gasteiger partial charge on any atom is 0.236 e. The molecule has 0 rings (SSSR count). The molecule has 0 aliphatic heterocycles. The maximum absolute atomic E-state index is 10.9. The van der Waals surface area contributed by atoms with Crippen LogP contribution in [0.2, 0.25) is 0 Å². The van der Waals surface area contributed by atoms with Crippen LogP contribution in [-0.4, -0.2) is 25.1 Å². The van der Waals surface area contributed by atoms with E-state index in [1.54, 1.807) is 6.92 Å². The molecule has 12 heavy (non-hydrogen) atoms. The summed E-state index contributed by atoms with van der Waals surface area (Å²) in [5, 5.41) is 2.66. The van der Waals surface area contributed by atoms with E-state index in [9.17, 15) is 4.79 Å². The van der Waals surface area contributed by atoms with E-state index in [-0.39, 0.29) is 5.91 Å². The molecule has 0 fully saturated rings. The fraction of sp³-hybridized carbons (Fsp3) is 0.625. The third-order valence-corrected chi connectivity index (χ3v) is 1.27. The number of hydrogen-bond donors (Lipinski definition) is 2. The summed E-state index contributed by atoms with van der Waals surface area (Å²) in [6.07, 6.45) is 2.15. The van der Waals surface area contributed by atoms with Crippen molar-refractivity contribution in [2.24, 2.45) is 5.73 Å².